The Balaban J connectivity index is 2.85. The average molecular weight is 350 g/mol. The molecule has 2 amide bonds. The van der Waals surface area contributed by atoms with Crippen molar-refractivity contribution in [3.05, 3.63) is 35.4 Å². The molecule has 8 heteroatoms. The second-order valence-corrected chi connectivity index (χ2v) is 6.03. The number of carboxylic acid groups (broad SMARTS) is 2. The van der Waals surface area contributed by atoms with Crippen molar-refractivity contribution in [2.75, 3.05) is 0 Å². The quantitative estimate of drug-likeness (QED) is 0.544. The first-order valence-electron chi connectivity index (χ1n) is 7.74. The van der Waals surface area contributed by atoms with E-state index in [1.54, 1.807) is 13.8 Å². The van der Waals surface area contributed by atoms with Crippen LogP contribution in [0.4, 0.5) is 0 Å². The number of hydrogen-bond donors (Lipinski definition) is 4. The number of amides is 2. The Hall–Kier alpha value is -2.90. The maximum absolute atomic E-state index is 12.3. The molecule has 1 rings (SSSR count). The van der Waals surface area contributed by atoms with E-state index in [9.17, 15) is 24.3 Å². The Labute approximate surface area is 145 Å². The first-order valence-corrected chi connectivity index (χ1v) is 7.74. The highest BCUT2D eigenvalue weighted by molar-refractivity contribution is 5.90. The highest BCUT2D eigenvalue weighted by Crippen LogP contribution is 2.09. The minimum atomic E-state index is -1.22. The molecule has 4 N–H and O–H groups in total. The van der Waals surface area contributed by atoms with Crippen LogP contribution in [0.3, 0.4) is 0 Å². The van der Waals surface area contributed by atoms with E-state index in [0.717, 1.165) is 0 Å². The van der Waals surface area contributed by atoms with Gasteiger partial charge in [-0.05, 0) is 23.6 Å². The molecule has 0 saturated heterocycles. The molecular weight excluding hydrogens is 328 g/mol. The molecular formula is C17H22N2O6. The van der Waals surface area contributed by atoms with E-state index in [-0.39, 0.29) is 23.8 Å². The van der Waals surface area contributed by atoms with Crippen molar-refractivity contribution in [3.63, 3.8) is 0 Å². The summed E-state index contributed by atoms with van der Waals surface area (Å²) >= 11 is 0. The van der Waals surface area contributed by atoms with Crippen LogP contribution in [-0.2, 0) is 20.8 Å². The summed E-state index contributed by atoms with van der Waals surface area (Å²) in [7, 11) is 0. The Kier molecular flexibility index (Phi) is 7.10. The molecule has 0 aliphatic rings. The molecule has 0 unspecified atom stereocenters. The standard InChI is InChI=1S/C17H22N2O6/c1-9(2)14(18-10(3)20)15(21)19-13(17(24)25)8-11-4-6-12(7-5-11)16(22)23/h4-7,9,13-14H,8H2,1-3H3,(H,18,20)(H,19,21)(H,22,23)(H,24,25)/t13-,14+/m0/s1. The van der Waals surface area contributed by atoms with Gasteiger partial charge in [-0.3, -0.25) is 9.59 Å². The van der Waals surface area contributed by atoms with Crippen molar-refractivity contribution < 1.29 is 29.4 Å². The van der Waals surface area contributed by atoms with Gasteiger partial charge in [0.15, 0.2) is 0 Å². The van der Waals surface area contributed by atoms with Crippen LogP contribution < -0.4 is 10.6 Å². The normalized spacial score (nSPS) is 13.0. The van der Waals surface area contributed by atoms with Crippen LogP contribution in [0.25, 0.3) is 0 Å². The fourth-order valence-corrected chi connectivity index (χ4v) is 2.23. The molecule has 8 nitrogen and oxygen atoms in total. The van der Waals surface area contributed by atoms with Crippen molar-refractivity contribution in [2.45, 2.75) is 39.3 Å². The van der Waals surface area contributed by atoms with Crippen LogP contribution in [0.2, 0.25) is 0 Å². The number of carbonyl (C=O) groups excluding carboxylic acids is 2. The summed E-state index contributed by atoms with van der Waals surface area (Å²) in [6.45, 7) is 4.75. The lowest BCUT2D eigenvalue weighted by molar-refractivity contribution is -0.142. The van der Waals surface area contributed by atoms with Crippen molar-refractivity contribution in [1.29, 1.82) is 0 Å². The van der Waals surface area contributed by atoms with Gasteiger partial charge in [-0.1, -0.05) is 26.0 Å². The van der Waals surface area contributed by atoms with E-state index < -0.39 is 29.9 Å². The Morgan fingerprint density at radius 1 is 1.00 bits per heavy atom. The lowest BCUT2D eigenvalue weighted by atomic mass is 10.0. The van der Waals surface area contributed by atoms with E-state index >= 15 is 0 Å². The number of aromatic carboxylic acids is 1. The highest BCUT2D eigenvalue weighted by Gasteiger charge is 2.28. The smallest absolute Gasteiger partial charge is 0.335 e. The van der Waals surface area contributed by atoms with E-state index in [1.165, 1.54) is 31.2 Å². The van der Waals surface area contributed by atoms with Gasteiger partial charge in [-0.25, -0.2) is 9.59 Å². The third-order valence-corrected chi connectivity index (χ3v) is 3.56. The van der Waals surface area contributed by atoms with Gasteiger partial charge in [0.1, 0.15) is 12.1 Å². The van der Waals surface area contributed by atoms with Gasteiger partial charge >= 0.3 is 11.9 Å². The second kappa shape index (κ2) is 8.81. The van der Waals surface area contributed by atoms with Gasteiger partial charge in [-0.2, -0.15) is 0 Å². The minimum Gasteiger partial charge on any atom is -0.480 e. The molecule has 0 aromatic heterocycles. The topological polar surface area (TPSA) is 133 Å². The zero-order chi connectivity index (χ0) is 19.1. The van der Waals surface area contributed by atoms with Crippen molar-refractivity contribution >= 4 is 23.8 Å². The molecule has 1 aromatic carbocycles. The number of carboxylic acids is 2. The van der Waals surface area contributed by atoms with E-state index in [4.69, 9.17) is 5.11 Å². The van der Waals surface area contributed by atoms with Crippen LogP contribution >= 0.6 is 0 Å². The van der Waals surface area contributed by atoms with Crippen LogP contribution in [0, 0.1) is 5.92 Å². The summed E-state index contributed by atoms with van der Waals surface area (Å²) in [6.07, 6.45) is -0.00808. The summed E-state index contributed by atoms with van der Waals surface area (Å²) in [5.41, 5.74) is 0.656. The molecule has 1 aromatic rings. The monoisotopic (exact) mass is 350 g/mol. The number of carbonyl (C=O) groups is 4. The largest absolute Gasteiger partial charge is 0.480 e. The zero-order valence-electron chi connectivity index (χ0n) is 14.3. The van der Waals surface area contributed by atoms with E-state index in [2.05, 4.69) is 10.6 Å². The maximum Gasteiger partial charge on any atom is 0.335 e. The third-order valence-electron chi connectivity index (χ3n) is 3.56. The number of nitrogens with one attached hydrogen (secondary N) is 2. The third kappa shape index (κ3) is 6.25. The van der Waals surface area contributed by atoms with E-state index in [1.807, 2.05) is 0 Å². The van der Waals surface area contributed by atoms with Crippen LogP contribution in [-0.4, -0.2) is 46.0 Å². The van der Waals surface area contributed by atoms with Gasteiger partial charge in [0.25, 0.3) is 0 Å². The molecule has 25 heavy (non-hydrogen) atoms. The molecule has 0 aliphatic carbocycles. The SMILES string of the molecule is CC(=O)N[C@@H](C(=O)N[C@@H](Cc1ccc(C(=O)O)cc1)C(=O)O)C(C)C. The van der Waals surface area contributed by atoms with Crippen molar-refractivity contribution in [2.24, 2.45) is 5.92 Å². The fraction of sp³-hybridized carbons (Fsp3) is 0.412. The van der Waals surface area contributed by atoms with Gasteiger partial charge < -0.3 is 20.8 Å². The van der Waals surface area contributed by atoms with Crippen molar-refractivity contribution in [1.82, 2.24) is 10.6 Å². The first-order chi connectivity index (χ1) is 11.6. The molecule has 0 saturated carbocycles. The van der Waals surface area contributed by atoms with E-state index in [0.29, 0.717) is 5.56 Å². The molecule has 0 bridgehead atoms. The summed E-state index contributed by atoms with van der Waals surface area (Å²) < 4.78 is 0. The number of hydrogen-bond acceptors (Lipinski definition) is 4. The zero-order valence-corrected chi connectivity index (χ0v) is 14.3. The average Bonchev–Trinajstić information content (AvgIpc) is 2.51. The fourth-order valence-electron chi connectivity index (χ4n) is 2.23. The van der Waals surface area contributed by atoms with Gasteiger partial charge in [0, 0.05) is 13.3 Å². The maximum atomic E-state index is 12.3. The summed E-state index contributed by atoms with van der Waals surface area (Å²) in [6, 6.07) is 3.70. The first kappa shape index (κ1) is 20.1. The molecule has 0 spiro atoms. The Morgan fingerprint density at radius 2 is 1.56 bits per heavy atom. The lowest BCUT2D eigenvalue weighted by Crippen LogP contribution is -2.53. The number of benzene rings is 1. The predicted octanol–water partition coefficient (Wildman–Crippen LogP) is 0.657. The minimum absolute atomic E-state index is 0.00808. The molecule has 0 radical (unpaired) electrons. The summed E-state index contributed by atoms with van der Waals surface area (Å²) in [5, 5.41) is 23.1. The molecule has 136 valence electrons. The van der Waals surface area contributed by atoms with Crippen LogP contribution in [0.15, 0.2) is 24.3 Å². The summed E-state index contributed by atoms with van der Waals surface area (Å²) in [5.74, 6) is -3.48. The second-order valence-electron chi connectivity index (χ2n) is 6.03. The van der Waals surface area contributed by atoms with Gasteiger partial charge in [0.2, 0.25) is 11.8 Å². The molecule has 0 aliphatic heterocycles. The number of rotatable bonds is 8. The molecule has 2 atom stereocenters. The predicted molar refractivity (Wildman–Crippen MR) is 89.1 cm³/mol. The van der Waals surface area contributed by atoms with Crippen molar-refractivity contribution in [3.8, 4) is 0 Å². The molecule has 0 fully saturated rings. The van der Waals surface area contributed by atoms with Gasteiger partial charge in [-0.15, -0.1) is 0 Å². The summed E-state index contributed by atoms with van der Waals surface area (Å²) in [4.78, 5) is 45.8. The lowest BCUT2D eigenvalue weighted by Gasteiger charge is -2.23. The van der Waals surface area contributed by atoms with Crippen LogP contribution in [0.5, 0.6) is 0 Å². The highest BCUT2D eigenvalue weighted by atomic mass is 16.4. The number of aliphatic carboxylic acids is 1. The Morgan fingerprint density at radius 3 is 1.96 bits per heavy atom. The van der Waals surface area contributed by atoms with Crippen LogP contribution in [0.1, 0.15) is 36.7 Å². The Bertz CT molecular complexity index is 654. The van der Waals surface area contributed by atoms with Gasteiger partial charge in [0.05, 0.1) is 5.56 Å². The molecule has 0 heterocycles.